The molecule has 4 aromatic rings. The summed E-state index contributed by atoms with van der Waals surface area (Å²) in [5.74, 6) is 3.40. The van der Waals surface area contributed by atoms with E-state index in [1.165, 1.54) is 0 Å². The Bertz CT molecular complexity index is 1620. The number of thiocarbonyl (C=S) groups is 1. The van der Waals surface area contributed by atoms with Crippen molar-refractivity contribution in [3.8, 4) is 11.4 Å². The molecule has 44 heavy (non-hydrogen) atoms. The van der Waals surface area contributed by atoms with Gasteiger partial charge in [0.15, 0.2) is 5.11 Å². The number of ether oxygens (including phenoxy) is 3. The van der Waals surface area contributed by atoms with E-state index in [4.69, 9.17) is 46.5 Å². The molecule has 13 nitrogen and oxygen atoms in total. The normalized spacial score (nSPS) is 18.3. The summed E-state index contributed by atoms with van der Waals surface area (Å²) < 4.78 is 18.4. The summed E-state index contributed by atoms with van der Waals surface area (Å²) in [6.45, 7) is 7.55. The van der Waals surface area contributed by atoms with Gasteiger partial charge in [0, 0.05) is 37.4 Å². The van der Waals surface area contributed by atoms with Crippen LogP contribution in [0.25, 0.3) is 5.69 Å². The zero-order valence-electron chi connectivity index (χ0n) is 24.6. The highest BCUT2D eigenvalue weighted by Crippen LogP contribution is 2.37. The lowest BCUT2D eigenvalue weighted by molar-refractivity contribution is 0.121. The van der Waals surface area contributed by atoms with Crippen molar-refractivity contribution in [2.75, 3.05) is 80.1 Å². The Morgan fingerprint density at radius 2 is 1.57 bits per heavy atom. The maximum Gasteiger partial charge on any atom is 0.233 e. The van der Waals surface area contributed by atoms with Crippen LogP contribution in [0.4, 0.5) is 29.4 Å². The second kappa shape index (κ2) is 12.2. The van der Waals surface area contributed by atoms with Gasteiger partial charge in [-0.05, 0) is 61.1 Å². The van der Waals surface area contributed by atoms with Crippen molar-refractivity contribution >= 4 is 46.7 Å². The Balaban J connectivity index is 1.16. The van der Waals surface area contributed by atoms with Crippen LogP contribution in [0, 0.1) is 6.92 Å². The monoisotopic (exact) mass is 614 g/mol. The van der Waals surface area contributed by atoms with E-state index in [9.17, 15) is 0 Å². The molecule has 0 amide bonds. The summed E-state index contributed by atoms with van der Waals surface area (Å²) in [7, 11) is 1.67. The third kappa shape index (κ3) is 5.70. The number of methoxy groups -OCH3 is 1. The van der Waals surface area contributed by atoms with Gasteiger partial charge in [-0.25, -0.2) is 4.68 Å². The highest BCUT2D eigenvalue weighted by Gasteiger charge is 2.31. The van der Waals surface area contributed by atoms with Gasteiger partial charge in [-0.1, -0.05) is 12.1 Å². The third-order valence-corrected chi connectivity index (χ3v) is 8.12. The molecule has 0 aliphatic carbocycles. The minimum absolute atomic E-state index is 0.159. The maximum atomic E-state index is 5.60. The summed E-state index contributed by atoms with van der Waals surface area (Å²) in [6, 6.07) is 15.8. The van der Waals surface area contributed by atoms with Gasteiger partial charge < -0.3 is 40.0 Å². The van der Waals surface area contributed by atoms with Crippen LogP contribution < -0.4 is 30.5 Å². The van der Waals surface area contributed by atoms with Crippen molar-refractivity contribution in [1.82, 2.24) is 30.0 Å². The first-order chi connectivity index (χ1) is 21.6. The van der Waals surface area contributed by atoms with Crippen LogP contribution in [-0.4, -0.2) is 89.6 Å². The Kier molecular flexibility index (Phi) is 7.85. The van der Waals surface area contributed by atoms with Crippen LogP contribution in [0.5, 0.6) is 5.75 Å². The molecule has 0 radical (unpaired) electrons. The summed E-state index contributed by atoms with van der Waals surface area (Å²) in [4.78, 5) is 18.6. The van der Waals surface area contributed by atoms with E-state index >= 15 is 0 Å². The quantitative estimate of drug-likeness (QED) is 0.264. The fraction of sp³-hybridized carbons (Fsp3) is 0.367. The third-order valence-electron chi connectivity index (χ3n) is 7.90. The lowest BCUT2D eigenvalue weighted by Gasteiger charge is -2.30. The molecule has 2 aromatic heterocycles. The lowest BCUT2D eigenvalue weighted by Crippen LogP contribution is -2.40. The number of hydrogen-bond donors (Lipinski definition) is 3. The number of fused-ring (bicyclic) bond motifs is 1. The second-order valence-corrected chi connectivity index (χ2v) is 11.1. The molecule has 2 fully saturated rings. The Morgan fingerprint density at radius 1 is 0.909 bits per heavy atom. The van der Waals surface area contributed by atoms with E-state index in [2.05, 4.69) is 31.8 Å². The summed E-state index contributed by atoms with van der Waals surface area (Å²) in [6.07, 6.45) is 0. The summed E-state index contributed by atoms with van der Waals surface area (Å²) in [5, 5.41) is 15.5. The molecule has 3 N–H and O–H groups in total. The Morgan fingerprint density at radius 3 is 2.20 bits per heavy atom. The number of rotatable bonds is 7. The second-order valence-electron chi connectivity index (χ2n) is 10.7. The Labute approximate surface area is 260 Å². The number of anilines is 5. The van der Waals surface area contributed by atoms with Crippen molar-refractivity contribution in [3.05, 3.63) is 65.4 Å². The first-order valence-corrected chi connectivity index (χ1v) is 15.1. The van der Waals surface area contributed by atoms with Gasteiger partial charge in [0.1, 0.15) is 11.6 Å². The standard InChI is InChI=1S/C30H34N10O3S/c1-19-24-25(20-4-3-5-23(18-20)41-2)32-30(44)33-26(24)40(37-19)22-8-6-21(7-9-22)31-27-34-28(38-10-14-42-15-11-38)36-29(35-27)39-12-16-43-17-13-39/h3-9,18,25H,10-17H2,1-2H3,(H2,32,33,44)(H,31,34,35,36). The predicted molar refractivity (Wildman–Crippen MR) is 172 cm³/mol. The van der Waals surface area contributed by atoms with Crippen molar-refractivity contribution in [1.29, 1.82) is 0 Å². The van der Waals surface area contributed by atoms with E-state index in [1.807, 2.05) is 54.1 Å². The molecule has 0 spiro atoms. The number of nitrogens with one attached hydrogen (secondary N) is 3. The van der Waals surface area contributed by atoms with Crippen LogP contribution in [0.15, 0.2) is 48.5 Å². The van der Waals surface area contributed by atoms with E-state index in [-0.39, 0.29) is 6.04 Å². The maximum absolute atomic E-state index is 5.60. The van der Waals surface area contributed by atoms with Crippen molar-refractivity contribution < 1.29 is 14.2 Å². The molecule has 14 heteroatoms. The number of hydrogen-bond acceptors (Lipinski definition) is 11. The molecule has 0 saturated carbocycles. The number of morpholine rings is 2. The van der Waals surface area contributed by atoms with E-state index < -0.39 is 0 Å². The molecular weight excluding hydrogens is 580 g/mol. The van der Waals surface area contributed by atoms with Crippen LogP contribution in [0.1, 0.15) is 22.9 Å². The minimum Gasteiger partial charge on any atom is -0.497 e. The van der Waals surface area contributed by atoms with Crippen LogP contribution in [0.3, 0.4) is 0 Å². The van der Waals surface area contributed by atoms with E-state index in [1.54, 1.807) is 7.11 Å². The predicted octanol–water partition coefficient (Wildman–Crippen LogP) is 3.18. The highest BCUT2D eigenvalue weighted by molar-refractivity contribution is 7.80. The first kappa shape index (κ1) is 28.3. The van der Waals surface area contributed by atoms with Gasteiger partial charge in [-0.2, -0.15) is 20.1 Å². The van der Waals surface area contributed by atoms with Crippen LogP contribution >= 0.6 is 12.2 Å². The molecular formula is C30H34N10O3S. The fourth-order valence-electron chi connectivity index (χ4n) is 5.64. The van der Waals surface area contributed by atoms with Gasteiger partial charge in [-0.3, -0.25) is 0 Å². The topological polar surface area (TPSA) is 127 Å². The largest absolute Gasteiger partial charge is 0.497 e. The molecule has 0 bridgehead atoms. The van der Waals surface area contributed by atoms with Crippen LogP contribution in [-0.2, 0) is 9.47 Å². The fourth-order valence-corrected chi connectivity index (χ4v) is 5.86. The number of aryl methyl sites for hydroxylation is 1. The highest BCUT2D eigenvalue weighted by atomic mass is 32.1. The molecule has 1 atom stereocenters. The zero-order valence-corrected chi connectivity index (χ0v) is 25.4. The molecule has 1 unspecified atom stereocenters. The van der Waals surface area contributed by atoms with Crippen molar-refractivity contribution in [2.24, 2.45) is 0 Å². The average Bonchev–Trinajstić information content (AvgIpc) is 3.41. The molecule has 2 saturated heterocycles. The summed E-state index contributed by atoms with van der Waals surface area (Å²) in [5.41, 5.74) is 4.71. The molecule has 2 aromatic carbocycles. The van der Waals surface area contributed by atoms with E-state index in [0.717, 1.165) is 65.9 Å². The number of aromatic nitrogens is 5. The molecule has 7 rings (SSSR count). The smallest absolute Gasteiger partial charge is 0.233 e. The van der Waals surface area contributed by atoms with Gasteiger partial charge >= 0.3 is 0 Å². The van der Waals surface area contributed by atoms with E-state index in [0.29, 0.717) is 49.4 Å². The molecule has 3 aliphatic rings. The molecule has 3 aliphatic heterocycles. The summed E-state index contributed by atoms with van der Waals surface area (Å²) >= 11 is 5.60. The van der Waals surface area contributed by atoms with Gasteiger partial charge in [0.2, 0.25) is 17.8 Å². The zero-order chi connectivity index (χ0) is 30.0. The van der Waals surface area contributed by atoms with Crippen molar-refractivity contribution in [2.45, 2.75) is 13.0 Å². The van der Waals surface area contributed by atoms with Crippen molar-refractivity contribution in [3.63, 3.8) is 0 Å². The Hall–Kier alpha value is -4.53. The van der Waals surface area contributed by atoms with Gasteiger partial charge in [0.05, 0.1) is 51.0 Å². The number of benzene rings is 2. The average molecular weight is 615 g/mol. The minimum atomic E-state index is -0.159. The SMILES string of the molecule is COc1cccc(C2NC(=S)Nc3c2c(C)nn3-c2ccc(Nc3nc(N4CCOCC4)nc(N4CCOCC4)n3)cc2)c1. The molecule has 228 valence electrons. The number of nitrogens with zero attached hydrogens (tertiary/aromatic N) is 7. The van der Waals surface area contributed by atoms with Crippen LogP contribution in [0.2, 0.25) is 0 Å². The van der Waals surface area contributed by atoms with Gasteiger partial charge in [-0.15, -0.1) is 0 Å². The first-order valence-electron chi connectivity index (χ1n) is 14.7. The lowest BCUT2D eigenvalue weighted by atomic mass is 9.97. The molecule has 5 heterocycles. The van der Waals surface area contributed by atoms with Gasteiger partial charge in [0.25, 0.3) is 0 Å².